The number of rotatable bonds is 3. The van der Waals surface area contributed by atoms with Crippen molar-refractivity contribution < 1.29 is 9.21 Å². The Morgan fingerprint density at radius 2 is 1.96 bits per heavy atom. The van der Waals surface area contributed by atoms with Crippen LogP contribution in [0.3, 0.4) is 0 Å². The van der Waals surface area contributed by atoms with E-state index in [1.807, 2.05) is 20.8 Å². The quantitative estimate of drug-likeness (QED) is 0.788. The summed E-state index contributed by atoms with van der Waals surface area (Å²) in [6.45, 7) is 7.03. The third-order valence-electron chi connectivity index (χ3n) is 4.93. The number of hydrogen-bond donors (Lipinski definition) is 0. The summed E-state index contributed by atoms with van der Waals surface area (Å²) in [5.74, 6) is 1.97. The second-order valence-electron chi connectivity index (χ2n) is 7.75. The number of carbonyl (C=O) groups is 1. The summed E-state index contributed by atoms with van der Waals surface area (Å²) in [5, 5.41) is 8.64. The van der Waals surface area contributed by atoms with E-state index in [1.54, 1.807) is 0 Å². The summed E-state index contributed by atoms with van der Waals surface area (Å²) in [7, 11) is 0. The van der Waals surface area contributed by atoms with Crippen LogP contribution in [-0.4, -0.2) is 39.3 Å². The SMILES string of the molecule is CC(C)(C)c1nnc(SCC(=O)N2CCCC3CCCCC32)o1. The first kappa shape index (κ1) is 16.8. The van der Waals surface area contributed by atoms with Gasteiger partial charge in [0.1, 0.15) is 0 Å². The number of thioether (sulfide) groups is 1. The highest BCUT2D eigenvalue weighted by Gasteiger charge is 2.35. The molecule has 1 saturated carbocycles. The smallest absolute Gasteiger partial charge is 0.277 e. The minimum absolute atomic E-state index is 0.155. The number of piperidine rings is 1. The van der Waals surface area contributed by atoms with Crippen LogP contribution in [0.2, 0.25) is 0 Å². The number of carbonyl (C=O) groups excluding carboxylic acids is 1. The lowest BCUT2D eigenvalue weighted by Gasteiger charge is -2.44. The van der Waals surface area contributed by atoms with E-state index in [2.05, 4.69) is 15.1 Å². The second-order valence-corrected chi connectivity index (χ2v) is 8.68. The van der Waals surface area contributed by atoms with Crippen LogP contribution in [0.15, 0.2) is 9.64 Å². The Hall–Kier alpha value is -1.04. The summed E-state index contributed by atoms with van der Waals surface area (Å²) in [6.07, 6.45) is 7.49. The molecule has 0 spiro atoms. The Morgan fingerprint density at radius 3 is 2.70 bits per heavy atom. The molecule has 1 aromatic heterocycles. The number of nitrogens with zero attached hydrogens (tertiary/aromatic N) is 3. The van der Waals surface area contributed by atoms with Gasteiger partial charge >= 0.3 is 0 Å². The normalized spacial score (nSPS) is 25.3. The number of likely N-dealkylation sites (tertiary alicyclic amines) is 1. The van der Waals surface area contributed by atoms with Gasteiger partial charge in [0.15, 0.2) is 0 Å². The molecule has 0 N–H and O–H groups in total. The monoisotopic (exact) mass is 337 g/mol. The molecule has 2 heterocycles. The molecule has 0 aromatic carbocycles. The van der Waals surface area contributed by atoms with Gasteiger partial charge in [0.2, 0.25) is 11.8 Å². The highest BCUT2D eigenvalue weighted by atomic mass is 32.2. The lowest BCUT2D eigenvalue weighted by molar-refractivity contribution is -0.134. The standard InChI is InChI=1S/C17H27N3O2S/c1-17(2,3)15-18-19-16(22-15)23-11-14(21)20-10-6-8-12-7-4-5-9-13(12)20/h12-13H,4-11H2,1-3H3. The molecule has 6 heteroatoms. The van der Waals surface area contributed by atoms with Gasteiger partial charge < -0.3 is 9.32 Å². The van der Waals surface area contributed by atoms with Gasteiger partial charge in [-0.05, 0) is 31.6 Å². The van der Waals surface area contributed by atoms with Crippen molar-refractivity contribution in [3.63, 3.8) is 0 Å². The molecule has 1 aliphatic carbocycles. The molecule has 0 radical (unpaired) electrons. The summed E-state index contributed by atoms with van der Waals surface area (Å²) >= 11 is 1.37. The van der Waals surface area contributed by atoms with Crippen LogP contribution in [0.25, 0.3) is 0 Å². The Kier molecular flexibility index (Phi) is 4.99. The van der Waals surface area contributed by atoms with E-state index in [-0.39, 0.29) is 11.3 Å². The molecule has 23 heavy (non-hydrogen) atoms. The van der Waals surface area contributed by atoms with E-state index in [9.17, 15) is 4.79 Å². The Morgan fingerprint density at radius 1 is 1.22 bits per heavy atom. The topological polar surface area (TPSA) is 59.2 Å². The van der Waals surface area contributed by atoms with Crippen molar-refractivity contribution in [2.24, 2.45) is 5.92 Å². The van der Waals surface area contributed by atoms with Gasteiger partial charge in [-0.15, -0.1) is 10.2 Å². The third-order valence-corrected chi connectivity index (χ3v) is 5.73. The van der Waals surface area contributed by atoms with Gasteiger partial charge in [0, 0.05) is 18.0 Å². The molecule has 2 atom stereocenters. The molecule has 1 saturated heterocycles. The number of fused-ring (bicyclic) bond motifs is 1. The first-order valence-corrected chi connectivity index (χ1v) is 9.70. The average molecular weight is 337 g/mol. The molecular weight excluding hydrogens is 310 g/mol. The fourth-order valence-corrected chi connectivity index (χ4v) is 4.36. The van der Waals surface area contributed by atoms with Crippen molar-refractivity contribution in [1.82, 2.24) is 15.1 Å². The maximum Gasteiger partial charge on any atom is 0.277 e. The van der Waals surface area contributed by atoms with Crippen LogP contribution in [0.5, 0.6) is 0 Å². The zero-order valence-corrected chi connectivity index (χ0v) is 15.2. The largest absolute Gasteiger partial charge is 0.415 e. The van der Waals surface area contributed by atoms with Gasteiger partial charge in [0.25, 0.3) is 5.22 Å². The van der Waals surface area contributed by atoms with Gasteiger partial charge in [0.05, 0.1) is 5.75 Å². The third kappa shape index (κ3) is 3.90. The number of aromatic nitrogens is 2. The maximum absolute atomic E-state index is 12.6. The molecule has 1 amide bonds. The molecule has 128 valence electrons. The predicted molar refractivity (Wildman–Crippen MR) is 90.4 cm³/mol. The maximum atomic E-state index is 12.6. The van der Waals surface area contributed by atoms with E-state index in [0.29, 0.717) is 22.9 Å². The Labute approximate surface area is 142 Å². The lowest BCUT2D eigenvalue weighted by Crippen LogP contribution is -2.50. The Bertz CT molecular complexity index is 550. The molecule has 3 rings (SSSR count). The van der Waals surface area contributed by atoms with Crippen LogP contribution in [0, 0.1) is 5.92 Å². The summed E-state index contributed by atoms with van der Waals surface area (Å²) in [5.41, 5.74) is -0.155. The van der Waals surface area contributed by atoms with E-state index >= 15 is 0 Å². The molecule has 5 nitrogen and oxygen atoms in total. The van der Waals surface area contributed by atoms with Crippen LogP contribution in [-0.2, 0) is 10.2 Å². The van der Waals surface area contributed by atoms with E-state index in [1.165, 1.54) is 43.9 Å². The number of amides is 1. The summed E-state index contributed by atoms with van der Waals surface area (Å²) < 4.78 is 5.66. The highest BCUT2D eigenvalue weighted by molar-refractivity contribution is 7.99. The molecule has 1 aromatic rings. The average Bonchev–Trinajstić information content (AvgIpc) is 3.01. The predicted octanol–water partition coefficient (Wildman–Crippen LogP) is 3.64. The van der Waals surface area contributed by atoms with Crippen molar-refractivity contribution in [3.05, 3.63) is 5.89 Å². The van der Waals surface area contributed by atoms with Crippen molar-refractivity contribution in [1.29, 1.82) is 0 Å². The Balaban J connectivity index is 1.57. The number of hydrogen-bond acceptors (Lipinski definition) is 5. The zero-order valence-electron chi connectivity index (χ0n) is 14.4. The van der Waals surface area contributed by atoms with Crippen LogP contribution in [0.4, 0.5) is 0 Å². The van der Waals surface area contributed by atoms with Crippen LogP contribution >= 0.6 is 11.8 Å². The molecule has 2 aliphatic rings. The van der Waals surface area contributed by atoms with Gasteiger partial charge in [-0.2, -0.15) is 0 Å². The summed E-state index contributed by atoms with van der Waals surface area (Å²) in [4.78, 5) is 14.8. The van der Waals surface area contributed by atoms with Crippen molar-refractivity contribution in [2.45, 2.75) is 76.0 Å². The fraction of sp³-hybridized carbons (Fsp3) is 0.824. The van der Waals surface area contributed by atoms with Crippen LogP contribution < -0.4 is 0 Å². The molecule has 2 unspecified atom stereocenters. The summed E-state index contributed by atoms with van der Waals surface area (Å²) in [6, 6.07) is 0.471. The van der Waals surface area contributed by atoms with E-state index in [0.717, 1.165) is 18.9 Å². The van der Waals surface area contributed by atoms with E-state index in [4.69, 9.17) is 4.42 Å². The van der Waals surface area contributed by atoms with Gasteiger partial charge in [-0.3, -0.25) is 4.79 Å². The van der Waals surface area contributed by atoms with E-state index < -0.39 is 0 Å². The van der Waals surface area contributed by atoms with Crippen molar-refractivity contribution in [2.75, 3.05) is 12.3 Å². The second kappa shape index (κ2) is 6.83. The van der Waals surface area contributed by atoms with Gasteiger partial charge in [-0.25, -0.2) is 0 Å². The van der Waals surface area contributed by atoms with Crippen LogP contribution in [0.1, 0.15) is 65.2 Å². The minimum Gasteiger partial charge on any atom is -0.415 e. The lowest BCUT2D eigenvalue weighted by atomic mass is 9.78. The molecule has 1 aliphatic heterocycles. The fourth-order valence-electron chi connectivity index (χ4n) is 3.71. The first-order chi connectivity index (χ1) is 10.9. The minimum atomic E-state index is -0.155. The molecule has 0 bridgehead atoms. The highest BCUT2D eigenvalue weighted by Crippen LogP contribution is 2.35. The first-order valence-electron chi connectivity index (χ1n) is 8.71. The van der Waals surface area contributed by atoms with Gasteiger partial charge in [-0.1, -0.05) is 45.4 Å². The zero-order chi connectivity index (χ0) is 16.4. The molecular formula is C17H27N3O2S. The van der Waals surface area contributed by atoms with Crippen molar-refractivity contribution >= 4 is 17.7 Å². The molecule has 2 fully saturated rings. The van der Waals surface area contributed by atoms with Crippen molar-refractivity contribution in [3.8, 4) is 0 Å².